The Morgan fingerprint density at radius 3 is 2.89 bits per heavy atom. The van der Waals surface area contributed by atoms with E-state index < -0.39 is 0 Å². The molecule has 2 aliphatic heterocycles. The van der Waals surface area contributed by atoms with Gasteiger partial charge in [-0.15, -0.1) is 5.10 Å². The first-order valence-electron chi connectivity index (χ1n) is 9.40. The van der Waals surface area contributed by atoms with Crippen molar-refractivity contribution in [3.63, 3.8) is 0 Å². The number of halogens is 1. The van der Waals surface area contributed by atoms with Crippen LogP contribution in [0.25, 0.3) is 16.2 Å². The first kappa shape index (κ1) is 17.8. The van der Waals surface area contributed by atoms with E-state index in [0.29, 0.717) is 12.4 Å². The molecular weight excluding hydrogens is 381 g/mol. The zero-order valence-electron chi connectivity index (χ0n) is 15.6. The van der Waals surface area contributed by atoms with Gasteiger partial charge in [-0.1, -0.05) is 11.3 Å². The maximum Gasteiger partial charge on any atom is 0.214 e. The fourth-order valence-electron chi connectivity index (χ4n) is 4.20. The molecule has 7 nitrogen and oxygen atoms in total. The van der Waals surface area contributed by atoms with Crippen LogP contribution in [0.2, 0.25) is 0 Å². The van der Waals surface area contributed by atoms with E-state index in [4.69, 9.17) is 20.3 Å². The summed E-state index contributed by atoms with van der Waals surface area (Å²) >= 11 is 1.55. The minimum absolute atomic E-state index is 0.0556. The third-order valence-corrected chi connectivity index (χ3v) is 6.68. The van der Waals surface area contributed by atoms with Gasteiger partial charge in [-0.25, -0.2) is 13.9 Å². The van der Waals surface area contributed by atoms with Crippen LogP contribution in [0.4, 0.5) is 9.52 Å². The summed E-state index contributed by atoms with van der Waals surface area (Å²) in [5.41, 5.74) is 7.53. The molecule has 2 N–H and O–H groups in total. The Kier molecular flexibility index (Phi) is 4.26. The number of hydrogen-bond acceptors (Lipinski definition) is 7. The molecule has 4 heterocycles. The van der Waals surface area contributed by atoms with Crippen molar-refractivity contribution in [2.75, 3.05) is 31.7 Å². The molecule has 2 fully saturated rings. The molecule has 1 aromatic carbocycles. The number of ether oxygens (including phenoxy) is 2. The van der Waals surface area contributed by atoms with Gasteiger partial charge in [-0.2, -0.15) is 0 Å². The molecule has 2 aliphatic rings. The molecule has 0 aliphatic carbocycles. The van der Waals surface area contributed by atoms with Crippen molar-refractivity contribution in [1.82, 2.24) is 14.6 Å². The van der Waals surface area contributed by atoms with E-state index in [-0.39, 0.29) is 17.5 Å². The number of benzene rings is 1. The number of fused-ring (bicyclic) bond motifs is 1. The van der Waals surface area contributed by atoms with Gasteiger partial charge < -0.3 is 20.1 Å². The maximum absolute atomic E-state index is 13.5. The third-order valence-electron chi connectivity index (χ3n) is 5.70. The predicted octanol–water partition coefficient (Wildman–Crippen LogP) is 2.69. The molecular formula is C19H22FN5O2S. The average Bonchev–Trinajstić information content (AvgIpc) is 3.37. The number of nitrogens with zero attached hydrogens (tertiary/aromatic N) is 4. The van der Waals surface area contributed by atoms with Gasteiger partial charge in [0.25, 0.3) is 0 Å². The highest BCUT2D eigenvalue weighted by molar-refractivity contribution is 7.20. The molecule has 3 aromatic rings. The second-order valence-electron chi connectivity index (χ2n) is 7.51. The molecule has 28 heavy (non-hydrogen) atoms. The van der Waals surface area contributed by atoms with Crippen LogP contribution in [0.3, 0.4) is 0 Å². The zero-order valence-corrected chi connectivity index (χ0v) is 16.4. The van der Waals surface area contributed by atoms with E-state index in [9.17, 15) is 4.39 Å². The maximum atomic E-state index is 13.5. The minimum atomic E-state index is -0.337. The Morgan fingerprint density at radius 1 is 1.36 bits per heavy atom. The lowest BCUT2D eigenvalue weighted by molar-refractivity contribution is -0.0148. The number of methoxy groups -OCH3 is 1. The number of piperidine rings is 1. The van der Waals surface area contributed by atoms with Crippen LogP contribution in [0.5, 0.6) is 5.75 Å². The number of imidazole rings is 1. The highest BCUT2D eigenvalue weighted by atomic mass is 32.1. The van der Waals surface area contributed by atoms with Crippen LogP contribution in [0, 0.1) is 5.82 Å². The van der Waals surface area contributed by atoms with Crippen LogP contribution >= 0.6 is 11.3 Å². The van der Waals surface area contributed by atoms with Crippen LogP contribution in [-0.2, 0) is 4.74 Å². The number of nitrogens with two attached hydrogens (primary N) is 1. The summed E-state index contributed by atoms with van der Waals surface area (Å²) in [6.45, 7) is 2.44. The molecule has 2 aromatic heterocycles. The fraction of sp³-hybridized carbons (Fsp3) is 0.474. The van der Waals surface area contributed by atoms with E-state index in [1.54, 1.807) is 23.6 Å². The molecule has 148 valence electrons. The lowest BCUT2D eigenvalue weighted by Crippen LogP contribution is -2.44. The van der Waals surface area contributed by atoms with E-state index in [2.05, 4.69) is 9.88 Å². The summed E-state index contributed by atoms with van der Waals surface area (Å²) in [6.07, 6.45) is 4.61. The van der Waals surface area contributed by atoms with Crippen molar-refractivity contribution in [2.24, 2.45) is 5.73 Å². The Morgan fingerprint density at radius 2 is 2.18 bits per heavy atom. The topological polar surface area (TPSA) is 77.9 Å². The van der Waals surface area contributed by atoms with Crippen LogP contribution in [-0.4, -0.2) is 53.0 Å². The lowest BCUT2D eigenvalue weighted by Gasteiger charge is -2.38. The monoisotopic (exact) mass is 403 g/mol. The molecule has 0 radical (unpaired) electrons. The number of aromatic nitrogens is 3. The predicted molar refractivity (Wildman–Crippen MR) is 106 cm³/mol. The van der Waals surface area contributed by atoms with E-state index in [1.807, 2.05) is 4.52 Å². The van der Waals surface area contributed by atoms with Crippen LogP contribution in [0.15, 0.2) is 24.4 Å². The van der Waals surface area contributed by atoms with Crippen LogP contribution in [0.1, 0.15) is 19.3 Å². The zero-order chi connectivity index (χ0) is 19.3. The van der Waals surface area contributed by atoms with Crippen molar-refractivity contribution >= 4 is 21.4 Å². The quantitative estimate of drug-likeness (QED) is 0.725. The smallest absolute Gasteiger partial charge is 0.214 e. The summed E-state index contributed by atoms with van der Waals surface area (Å²) in [7, 11) is 1.53. The average molecular weight is 403 g/mol. The molecule has 1 spiro atoms. The molecule has 0 saturated carbocycles. The van der Waals surface area contributed by atoms with Gasteiger partial charge in [0.2, 0.25) is 10.1 Å². The first-order chi connectivity index (χ1) is 13.6. The van der Waals surface area contributed by atoms with Crippen molar-refractivity contribution < 1.29 is 13.9 Å². The standard InChI is InChI=1S/C19H22FN5O2S/c1-26-16-8-12(20)2-3-14(16)15-10-22-17-25(15)23-18(28-17)24-6-4-19(5-7-24)9-13(21)11-27-19/h2-3,8,10,13H,4-7,9,11,21H2,1H3. The summed E-state index contributed by atoms with van der Waals surface area (Å²) in [4.78, 5) is 7.57. The number of rotatable bonds is 3. The second-order valence-corrected chi connectivity index (χ2v) is 8.45. The Bertz CT molecular complexity index is 1010. The van der Waals surface area contributed by atoms with Gasteiger partial charge >= 0.3 is 0 Å². The molecule has 1 unspecified atom stereocenters. The molecule has 0 bridgehead atoms. The molecule has 0 amide bonds. The van der Waals surface area contributed by atoms with Gasteiger partial charge in [0.05, 0.1) is 31.2 Å². The summed E-state index contributed by atoms with van der Waals surface area (Å²) in [5, 5.41) is 5.72. The number of anilines is 1. The second kappa shape index (κ2) is 6.68. The number of hydrogen-bond donors (Lipinski definition) is 1. The minimum Gasteiger partial charge on any atom is -0.496 e. The molecule has 1 atom stereocenters. The van der Waals surface area contributed by atoms with Crippen molar-refractivity contribution in [2.45, 2.75) is 30.9 Å². The van der Waals surface area contributed by atoms with Gasteiger partial charge in [-0.3, -0.25) is 0 Å². The summed E-state index contributed by atoms with van der Waals surface area (Å²) in [6, 6.07) is 4.64. The Labute approximate surface area is 165 Å². The van der Waals surface area contributed by atoms with E-state index in [0.717, 1.165) is 53.7 Å². The lowest BCUT2D eigenvalue weighted by atomic mass is 9.88. The van der Waals surface area contributed by atoms with E-state index >= 15 is 0 Å². The normalized spacial score (nSPS) is 21.7. The van der Waals surface area contributed by atoms with Gasteiger partial charge in [-0.05, 0) is 31.4 Å². The summed E-state index contributed by atoms with van der Waals surface area (Å²) in [5.74, 6) is 0.127. The Balaban J connectivity index is 1.42. The van der Waals surface area contributed by atoms with Crippen LogP contribution < -0.4 is 15.4 Å². The molecule has 9 heteroatoms. The van der Waals surface area contributed by atoms with Crippen molar-refractivity contribution in [3.8, 4) is 17.0 Å². The third kappa shape index (κ3) is 2.94. The van der Waals surface area contributed by atoms with E-state index in [1.165, 1.54) is 19.2 Å². The Hall–Kier alpha value is -2.23. The first-order valence-corrected chi connectivity index (χ1v) is 10.2. The molecule has 5 rings (SSSR count). The largest absolute Gasteiger partial charge is 0.496 e. The molecule has 2 saturated heterocycles. The van der Waals surface area contributed by atoms with Gasteiger partial charge in [0, 0.05) is 30.8 Å². The van der Waals surface area contributed by atoms with Crippen molar-refractivity contribution in [1.29, 1.82) is 0 Å². The fourth-order valence-corrected chi connectivity index (χ4v) is 5.13. The highest BCUT2D eigenvalue weighted by Gasteiger charge is 2.42. The van der Waals surface area contributed by atoms with Gasteiger partial charge in [0.15, 0.2) is 0 Å². The van der Waals surface area contributed by atoms with Crippen molar-refractivity contribution in [3.05, 3.63) is 30.2 Å². The van der Waals surface area contributed by atoms with Gasteiger partial charge in [0.1, 0.15) is 11.6 Å². The highest BCUT2D eigenvalue weighted by Crippen LogP contribution is 2.38. The summed E-state index contributed by atoms with van der Waals surface area (Å²) < 4.78 is 26.7. The SMILES string of the molecule is COc1cc(F)ccc1-c1cnc2sc(N3CCC4(CC3)CC(N)CO4)nn12.